The molecule has 80 valence electrons. The van der Waals surface area contributed by atoms with Crippen LogP contribution in [0.2, 0.25) is 0 Å². The fraction of sp³-hybridized carbons (Fsp3) is 0.222. The van der Waals surface area contributed by atoms with Gasteiger partial charge in [-0.2, -0.15) is 8.42 Å². The summed E-state index contributed by atoms with van der Waals surface area (Å²) in [6.07, 6.45) is 0. The van der Waals surface area contributed by atoms with Gasteiger partial charge in [0.05, 0.1) is 10.2 Å². The van der Waals surface area contributed by atoms with Crippen LogP contribution in [0.1, 0.15) is 10.6 Å². The summed E-state index contributed by atoms with van der Waals surface area (Å²) in [5.41, 5.74) is 1.85. The predicted octanol–water partition coefficient (Wildman–Crippen LogP) is 1.99. The largest absolute Gasteiger partial charge is 0.285 e. The number of aryl methyl sites for hydroxylation is 1. The number of fused-ring (bicyclic) bond motifs is 1. The highest BCUT2D eigenvalue weighted by molar-refractivity contribution is 7.85. The molecule has 0 atom stereocenters. The summed E-state index contributed by atoms with van der Waals surface area (Å²) in [4.78, 5) is 4.14. The van der Waals surface area contributed by atoms with Crippen molar-refractivity contribution in [2.75, 3.05) is 0 Å². The molecule has 0 aliphatic rings. The summed E-state index contributed by atoms with van der Waals surface area (Å²) in [7, 11) is -3.99. The number of hydrogen-bond acceptors (Lipinski definition) is 4. The fourth-order valence-electron chi connectivity index (χ4n) is 1.30. The van der Waals surface area contributed by atoms with Crippen molar-refractivity contribution in [2.45, 2.75) is 12.7 Å². The molecule has 2 aromatic rings. The van der Waals surface area contributed by atoms with Crippen molar-refractivity contribution in [1.29, 1.82) is 0 Å². The molecule has 1 heterocycles. The van der Waals surface area contributed by atoms with Gasteiger partial charge in [-0.15, -0.1) is 11.3 Å². The molecule has 4 nitrogen and oxygen atoms in total. The summed E-state index contributed by atoms with van der Waals surface area (Å²) < 4.78 is 31.0. The van der Waals surface area contributed by atoms with Crippen LogP contribution in [0.5, 0.6) is 0 Å². The van der Waals surface area contributed by atoms with E-state index in [4.69, 9.17) is 4.55 Å². The summed E-state index contributed by atoms with van der Waals surface area (Å²) >= 11 is 1.28. The van der Waals surface area contributed by atoms with Crippen molar-refractivity contribution in [3.05, 3.63) is 28.8 Å². The van der Waals surface area contributed by atoms with Crippen molar-refractivity contribution >= 4 is 31.7 Å². The topological polar surface area (TPSA) is 67.3 Å². The van der Waals surface area contributed by atoms with E-state index in [9.17, 15) is 8.42 Å². The van der Waals surface area contributed by atoms with E-state index in [1.54, 1.807) is 0 Å². The maximum atomic E-state index is 10.7. The number of hydrogen-bond donors (Lipinski definition) is 1. The number of nitrogens with zero attached hydrogens (tertiary/aromatic N) is 1. The summed E-state index contributed by atoms with van der Waals surface area (Å²) in [5, 5.41) is 0.415. The SMILES string of the molecule is Cc1ccc2sc(CS(=O)(=O)O)nc2c1. The van der Waals surface area contributed by atoms with Crippen LogP contribution in [0.15, 0.2) is 18.2 Å². The average Bonchev–Trinajstić information content (AvgIpc) is 2.42. The zero-order valence-electron chi connectivity index (χ0n) is 7.97. The van der Waals surface area contributed by atoms with Gasteiger partial charge in [-0.3, -0.25) is 4.55 Å². The van der Waals surface area contributed by atoms with Gasteiger partial charge in [0.2, 0.25) is 0 Å². The van der Waals surface area contributed by atoms with Crippen LogP contribution in [0, 0.1) is 6.92 Å². The van der Waals surface area contributed by atoms with Gasteiger partial charge < -0.3 is 0 Å². The van der Waals surface area contributed by atoms with Gasteiger partial charge in [0, 0.05) is 0 Å². The smallest absolute Gasteiger partial charge is 0.271 e. The second-order valence-electron chi connectivity index (χ2n) is 3.31. The molecule has 0 unspecified atom stereocenters. The van der Waals surface area contributed by atoms with Gasteiger partial charge in [-0.05, 0) is 24.6 Å². The highest BCUT2D eigenvalue weighted by Crippen LogP contribution is 2.23. The van der Waals surface area contributed by atoms with Crippen LogP contribution in [0.25, 0.3) is 10.2 Å². The van der Waals surface area contributed by atoms with E-state index in [0.29, 0.717) is 5.01 Å². The first kappa shape index (κ1) is 10.5. The summed E-state index contributed by atoms with van der Waals surface area (Å²) in [6, 6.07) is 5.73. The first-order valence-electron chi connectivity index (χ1n) is 4.25. The predicted molar refractivity (Wildman–Crippen MR) is 59.6 cm³/mol. The highest BCUT2D eigenvalue weighted by atomic mass is 32.2. The van der Waals surface area contributed by atoms with Crippen molar-refractivity contribution in [2.24, 2.45) is 0 Å². The van der Waals surface area contributed by atoms with Crippen molar-refractivity contribution in [1.82, 2.24) is 4.98 Å². The number of rotatable bonds is 2. The first-order valence-corrected chi connectivity index (χ1v) is 6.68. The molecule has 0 aliphatic heterocycles. The molecule has 2 rings (SSSR count). The zero-order chi connectivity index (χ0) is 11.1. The normalized spacial score (nSPS) is 12.1. The molecule has 0 radical (unpaired) electrons. The molecule has 0 aliphatic carbocycles. The van der Waals surface area contributed by atoms with E-state index in [1.165, 1.54) is 11.3 Å². The molecule has 1 N–H and O–H groups in total. The van der Waals surface area contributed by atoms with Crippen molar-refractivity contribution in [3.63, 3.8) is 0 Å². The lowest BCUT2D eigenvalue weighted by atomic mass is 10.2. The van der Waals surface area contributed by atoms with Crippen molar-refractivity contribution < 1.29 is 13.0 Å². The molecule has 0 saturated heterocycles. The minimum Gasteiger partial charge on any atom is -0.285 e. The fourth-order valence-corrected chi connectivity index (χ4v) is 3.11. The van der Waals surface area contributed by atoms with Crippen LogP contribution >= 0.6 is 11.3 Å². The second kappa shape index (κ2) is 3.55. The van der Waals surface area contributed by atoms with Gasteiger partial charge in [0.1, 0.15) is 10.8 Å². The molecule has 1 aromatic heterocycles. The van der Waals surface area contributed by atoms with E-state index >= 15 is 0 Å². The molecule has 0 saturated carbocycles. The molecule has 0 bridgehead atoms. The Bertz CT molecular complexity index is 601. The Morgan fingerprint density at radius 2 is 2.20 bits per heavy atom. The second-order valence-corrected chi connectivity index (χ2v) is 5.87. The Labute approximate surface area is 91.3 Å². The third kappa shape index (κ3) is 2.53. The van der Waals surface area contributed by atoms with Crippen LogP contribution in [0.4, 0.5) is 0 Å². The van der Waals surface area contributed by atoms with E-state index in [0.717, 1.165) is 15.8 Å². The van der Waals surface area contributed by atoms with E-state index in [-0.39, 0.29) is 0 Å². The minimum atomic E-state index is -3.99. The quantitative estimate of drug-likeness (QED) is 0.819. The van der Waals surface area contributed by atoms with Crippen LogP contribution in [-0.2, 0) is 15.9 Å². The van der Waals surface area contributed by atoms with Crippen LogP contribution < -0.4 is 0 Å². The molecule has 0 fully saturated rings. The van der Waals surface area contributed by atoms with Crippen LogP contribution in [-0.4, -0.2) is 18.0 Å². The number of benzene rings is 1. The maximum Gasteiger partial charge on any atom is 0.271 e. The lowest BCUT2D eigenvalue weighted by Crippen LogP contribution is -2.00. The number of aromatic nitrogens is 1. The van der Waals surface area contributed by atoms with Gasteiger partial charge in [0.25, 0.3) is 10.1 Å². The minimum absolute atomic E-state index is 0.411. The monoisotopic (exact) mass is 243 g/mol. The Morgan fingerprint density at radius 3 is 2.87 bits per heavy atom. The van der Waals surface area contributed by atoms with Gasteiger partial charge in [0.15, 0.2) is 0 Å². The Kier molecular flexibility index (Phi) is 2.49. The number of thiazole rings is 1. The van der Waals surface area contributed by atoms with E-state index in [1.807, 2.05) is 25.1 Å². The molecule has 6 heteroatoms. The molecule has 15 heavy (non-hydrogen) atoms. The lowest BCUT2D eigenvalue weighted by Gasteiger charge is -1.89. The standard InChI is InChI=1S/C9H9NO3S2/c1-6-2-3-8-7(4-6)10-9(14-8)5-15(11,12)13/h2-4H,5H2,1H3,(H,11,12,13). The molecular weight excluding hydrogens is 234 g/mol. The Morgan fingerprint density at radius 1 is 1.47 bits per heavy atom. The lowest BCUT2D eigenvalue weighted by molar-refractivity contribution is 0.482. The first-order chi connectivity index (χ1) is 6.94. The van der Waals surface area contributed by atoms with E-state index < -0.39 is 15.9 Å². The maximum absolute atomic E-state index is 10.7. The molecule has 0 spiro atoms. The van der Waals surface area contributed by atoms with Gasteiger partial charge in [-0.1, -0.05) is 6.07 Å². The third-order valence-corrected chi connectivity index (χ3v) is 3.75. The van der Waals surface area contributed by atoms with E-state index in [2.05, 4.69) is 4.98 Å². The molecular formula is C9H9NO3S2. The highest BCUT2D eigenvalue weighted by Gasteiger charge is 2.11. The Hall–Kier alpha value is -0.980. The molecule has 0 amide bonds. The third-order valence-electron chi connectivity index (χ3n) is 1.89. The van der Waals surface area contributed by atoms with Crippen LogP contribution in [0.3, 0.4) is 0 Å². The summed E-state index contributed by atoms with van der Waals surface area (Å²) in [5.74, 6) is -0.411. The average molecular weight is 243 g/mol. The zero-order valence-corrected chi connectivity index (χ0v) is 9.60. The van der Waals surface area contributed by atoms with Gasteiger partial charge >= 0.3 is 0 Å². The molecule has 1 aromatic carbocycles. The van der Waals surface area contributed by atoms with Crippen molar-refractivity contribution in [3.8, 4) is 0 Å². The Balaban J connectivity index is 2.48. The summed E-state index contributed by atoms with van der Waals surface area (Å²) in [6.45, 7) is 1.95. The van der Waals surface area contributed by atoms with Gasteiger partial charge in [-0.25, -0.2) is 4.98 Å².